The Balaban J connectivity index is 1.69. The fourth-order valence-corrected chi connectivity index (χ4v) is 4.09. The number of carbonyl (C=O) groups excluding carboxylic acids is 2. The lowest BCUT2D eigenvalue weighted by atomic mass is 10.1. The first kappa shape index (κ1) is 21.9. The molecule has 3 rings (SSSR count). The summed E-state index contributed by atoms with van der Waals surface area (Å²) in [6.45, 7) is 4.19. The van der Waals surface area contributed by atoms with E-state index in [0.29, 0.717) is 27.8 Å². The summed E-state index contributed by atoms with van der Waals surface area (Å²) in [5, 5.41) is 6.81. The number of rotatable bonds is 7. The molecule has 0 aliphatic carbocycles. The van der Waals surface area contributed by atoms with Gasteiger partial charge in [0.25, 0.3) is 5.91 Å². The molecule has 2 aromatic carbocycles. The number of hydrogen-bond donors (Lipinski definition) is 2. The van der Waals surface area contributed by atoms with Crippen molar-refractivity contribution in [3.8, 4) is 0 Å². The number of halogens is 1. The van der Waals surface area contributed by atoms with Crippen LogP contribution in [0.1, 0.15) is 27.2 Å². The maximum absolute atomic E-state index is 12.9. The van der Waals surface area contributed by atoms with Crippen molar-refractivity contribution in [1.82, 2.24) is 10.3 Å². The number of carbonyl (C=O) groups is 2. The van der Waals surface area contributed by atoms with Crippen LogP contribution in [0, 0.1) is 13.8 Å². The topological polar surface area (TPSA) is 71.1 Å². The zero-order chi connectivity index (χ0) is 21.5. The lowest BCUT2D eigenvalue weighted by molar-refractivity contribution is -0.118. The molecule has 0 saturated carbocycles. The van der Waals surface area contributed by atoms with Gasteiger partial charge in [-0.2, -0.15) is 0 Å². The summed E-state index contributed by atoms with van der Waals surface area (Å²) in [5.74, 6) is -0.236. The molecular weight excluding hydrogens is 418 g/mol. The first-order chi connectivity index (χ1) is 14.4. The fraction of sp³-hybridized carbons (Fsp3) is 0.174. The summed E-state index contributed by atoms with van der Waals surface area (Å²) in [4.78, 5) is 29.7. The van der Waals surface area contributed by atoms with Crippen LogP contribution in [0.5, 0.6) is 0 Å². The second-order valence-electron chi connectivity index (χ2n) is 6.78. The van der Waals surface area contributed by atoms with E-state index in [1.165, 1.54) is 11.8 Å². The maximum Gasteiger partial charge on any atom is 0.258 e. The summed E-state index contributed by atoms with van der Waals surface area (Å²) < 4.78 is 0. The van der Waals surface area contributed by atoms with Crippen LogP contribution in [0.4, 0.5) is 5.69 Å². The minimum absolute atomic E-state index is 0.119. The second kappa shape index (κ2) is 10.3. The number of nitrogens with zero attached hydrogens (tertiary/aromatic N) is 1. The van der Waals surface area contributed by atoms with Gasteiger partial charge in [-0.15, -0.1) is 0 Å². The van der Waals surface area contributed by atoms with E-state index in [2.05, 4.69) is 15.6 Å². The molecule has 0 radical (unpaired) electrons. The van der Waals surface area contributed by atoms with Crippen molar-refractivity contribution < 1.29 is 9.59 Å². The molecule has 1 heterocycles. The van der Waals surface area contributed by atoms with E-state index in [-0.39, 0.29) is 17.6 Å². The molecule has 2 amide bonds. The summed E-state index contributed by atoms with van der Waals surface area (Å²) in [6, 6.07) is 18.5. The third kappa shape index (κ3) is 6.08. The Morgan fingerprint density at radius 1 is 1.03 bits per heavy atom. The van der Waals surface area contributed by atoms with E-state index in [1.807, 2.05) is 50.2 Å². The number of amides is 2. The van der Waals surface area contributed by atoms with Gasteiger partial charge in [0.2, 0.25) is 5.91 Å². The predicted octanol–water partition coefficient (Wildman–Crippen LogP) is 5.01. The fourth-order valence-electron chi connectivity index (χ4n) is 2.92. The monoisotopic (exact) mass is 439 g/mol. The first-order valence-corrected chi connectivity index (χ1v) is 10.8. The van der Waals surface area contributed by atoms with Gasteiger partial charge in [0.15, 0.2) is 0 Å². The largest absolute Gasteiger partial charge is 0.351 e. The number of thioether (sulfide) groups is 1. The summed E-state index contributed by atoms with van der Waals surface area (Å²) in [7, 11) is 0. The summed E-state index contributed by atoms with van der Waals surface area (Å²) >= 11 is 7.25. The standard InChI is InChI=1S/C23H22ClN3O2S/c1-15-11-16(2)26-23(21(15)22(29)27-19-10-6-9-18(24)12-19)30-14-20(28)25-13-17-7-4-3-5-8-17/h3-12H,13-14H2,1-2H3,(H,25,28)(H,27,29). The van der Waals surface area contributed by atoms with E-state index in [0.717, 1.165) is 16.8 Å². The van der Waals surface area contributed by atoms with Crippen molar-refractivity contribution in [2.45, 2.75) is 25.4 Å². The molecular formula is C23H22ClN3O2S. The third-order valence-corrected chi connectivity index (χ3v) is 5.50. The lowest BCUT2D eigenvalue weighted by Crippen LogP contribution is -2.25. The molecule has 3 aromatic rings. The zero-order valence-corrected chi connectivity index (χ0v) is 18.3. The van der Waals surface area contributed by atoms with Crippen molar-refractivity contribution in [3.63, 3.8) is 0 Å². The number of nitrogens with one attached hydrogen (secondary N) is 2. The molecule has 0 aliphatic heterocycles. The van der Waals surface area contributed by atoms with E-state index < -0.39 is 0 Å². The van der Waals surface area contributed by atoms with Crippen molar-refractivity contribution in [1.29, 1.82) is 0 Å². The number of hydrogen-bond acceptors (Lipinski definition) is 4. The Labute approximate surface area is 185 Å². The normalized spacial score (nSPS) is 10.5. The highest BCUT2D eigenvalue weighted by Gasteiger charge is 2.18. The van der Waals surface area contributed by atoms with Gasteiger partial charge < -0.3 is 10.6 Å². The van der Waals surface area contributed by atoms with E-state index >= 15 is 0 Å². The highest BCUT2D eigenvalue weighted by Crippen LogP contribution is 2.26. The molecule has 30 heavy (non-hydrogen) atoms. The molecule has 2 N–H and O–H groups in total. The van der Waals surface area contributed by atoms with Crippen LogP contribution in [-0.2, 0) is 11.3 Å². The molecule has 0 aliphatic rings. The SMILES string of the molecule is Cc1cc(C)c(C(=O)Nc2cccc(Cl)c2)c(SCC(=O)NCc2ccccc2)n1. The number of benzene rings is 2. The van der Waals surface area contributed by atoms with Crippen LogP contribution in [0.25, 0.3) is 0 Å². The van der Waals surface area contributed by atoms with Crippen LogP contribution < -0.4 is 10.6 Å². The Hall–Kier alpha value is -2.83. The highest BCUT2D eigenvalue weighted by molar-refractivity contribution is 8.00. The number of aryl methyl sites for hydroxylation is 2. The van der Waals surface area contributed by atoms with Gasteiger partial charge in [-0.1, -0.05) is 59.8 Å². The number of anilines is 1. The molecule has 0 unspecified atom stereocenters. The lowest BCUT2D eigenvalue weighted by Gasteiger charge is -2.13. The highest BCUT2D eigenvalue weighted by atomic mass is 35.5. The molecule has 0 saturated heterocycles. The molecule has 0 bridgehead atoms. The smallest absolute Gasteiger partial charge is 0.258 e. The molecule has 5 nitrogen and oxygen atoms in total. The average Bonchev–Trinajstić information content (AvgIpc) is 2.71. The predicted molar refractivity (Wildman–Crippen MR) is 122 cm³/mol. The van der Waals surface area contributed by atoms with E-state index in [9.17, 15) is 9.59 Å². The Bertz CT molecular complexity index is 1060. The van der Waals surface area contributed by atoms with Gasteiger partial charge in [-0.05, 0) is 49.2 Å². The van der Waals surface area contributed by atoms with Crippen molar-refractivity contribution in [3.05, 3.63) is 88.1 Å². The average molecular weight is 440 g/mol. The molecule has 7 heteroatoms. The van der Waals surface area contributed by atoms with Crippen molar-refractivity contribution in [2.24, 2.45) is 0 Å². The quantitative estimate of drug-likeness (QED) is 0.507. The summed E-state index contributed by atoms with van der Waals surface area (Å²) in [6.07, 6.45) is 0. The molecule has 0 fully saturated rings. The van der Waals surface area contributed by atoms with Crippen LogP contribution in [0.15, 0.2) is 65.7 Å². The van der Waals surface area contributed by atoms with Gasteiger partial charge in [-0.25, -0.2) is 4.98 Å². The Morgan fingerprint density at radius 2 is 1.80 bits per heavy atom. The second-order valence-corrected chi connectivity index (χ2v) is 8.18. The van der Waals surface area contributed by atoms with Gasteiger partial charge in [0, 0.05) is 22.9 Å². The van der Waals surface area contributed by atoms with E-state index in [1.54, 1.807) is 24.3 Å². The van der Waals surface area contributed by atoms with Gasteiger partial charge >= 0.3 is 0 Å². The first-order valence-electron chi connectivity index (χ1n) is 9.41. The number of pyridine rings is 1. The maximum atomic E-state index is 12.9. The van der Waals surface area contributed by atoms with Crippen molar-refractivity contribution in [2.75, 3.05) is 11.1 Å². The number of aromatic nitrogens is 1. The van der Waals surface area contributed by atoms with E-state index in [4.69, 9.17) is 11.6 Å². The van der Waals surface area contributed by atoms with Crippen LogP contribution in [-0.4, -0.2) is 22.6 Å². The van der Waals surface area contributed by atoms with Crippen LogP contribution in [0.2, 0.25) is 5.02 Å². The van der Waals surface area contributed by atoms with Crippen molar-refractivity contribution >= 4 is 40.9 Å². The Kier molecular flexibility index (Phi) is 7.49. The van der Waals surface area contributed by atoms with Gasteiger partial charge in [-0.3, -0.25) is 9.59 Å². The third-order valence-electron chi connectivity index (χ3n) is 4.29. The minimum atomic E-state index is -0.283. The molecule has 154 valence electrons. The molecule has 0 spiro atoms. The Morgan fingerprint density at radius 3 is 2.53 bits per heavy atom. The minimum Gasteiger partial charge on any atom is -0.351 e. The zero-order valence-electron chi connectivity index (χ0n) is 16.7. The molecule has 0 atom stereocenters. The summed E-state index contributed by atoms with van der Waals surface area (Å²) in [5.41, 5.74) is 3.68. The van der Waals surface area contributed by atoms with Crippen LogP contribution in [0.3, 0.4) is 0 Å². The van der Waals surface area contributed by atoms with Gasteiger partial charge in [0.1, 0.15) is 5.03 Å². The van der Waals surface area contributed by atoms with Gasteiger partial charge in [0.05, 0.1) is 11.3 Å². The van der Waals surface area contributed by atoms with Crippen LogP contribution >= 0.6 is 23.4 Å². The molecule has 1 aromatic heterocycles.